The zero-order valence-electron chi connectivity index (χ0n) is 9.63. The molecular weight excluding hydrogens is 221 g/mol. The lowest BCUT2D eigenvalue weighted by Gasteiger charge is -2.21. The van der Waals surface area contributed by atoms with E-state index < -0.39 is 0 Å². The standard InChI is InChI=1S/C13H14FNO2/c1-8-6-11(14)4-2-9(8)7-10-3-5-12(16)15-13(10)17/h2,4,6,10H,3,5,7H2,1H3,(H,15,16,17). The number of amides is 2. The van der Waals surface area contributed by atoms with E-state index in [9.17, 15) is 14.0 Å². The van der Waals surface area contributed by atoms with Crippen LogP contribution in [0.25, 0.3) is 0 Å². The zero-order valence-corrected chi connectivity index (χ0v) is 9.63. The molecule has 1 unspecified atom stereocenters. The first-order valence-corrected chi connectivity index (χ1v) is 5.65. The van der Waals surface area contributed by atoms with Crippen molar-refractivity contribution in [3.05, 3.63) is 35.1 Å². The summed E-state index contributed by atoms with van der Waals surface area (Å²) in [6.45, 7) is 1.82. The minimum absolute atomic E-state index is 0.183. The van der Waals surface area contributed by atoms with Crippen LogP contribution in [-0.2, 0) is 16.0 Å². The Morgan fingerprint density at radius 3 is 2.82 bits per heavy atom. The van der Waals surface area contributed by atoms with Crippen molar-refractivity contribution < 1.29 is 14.0 Å². The molecule has 1 fully saturated rings. The summed E-state index contributed by atoms with van der Waals surface area (Å²) in [4.78, 5) is 22.6. The molecule has 1 aromatic carbocycles. The monoisotopic (exact) mass is 235 g/mol. The molecule has 17 heavy (non-hydrogen) atoms. The van der Waals surface area contributed by atoms with E-state index in [0.29, 0.717) is 19.3 Å². The van der Waals surface area contributed by atoms with Crippen molar-refractivity contribution in [3.8, 4) is 0 Å². The first-order valence-electron chi connectivity index (χ1n) is 5.65. The van der Waals surface area contributed by atoms with Gasteiger partial charge in [0.1, 0.15) is 5.82 Å². The zero-order chi connectivity index (χ0) is 12.4. The predicted molar refractivity (Wildman–Crippen MR) is 60.7 cm³/mol. The Hall–Kier alpha value is -1.71. The Morgan fingerprint density at radius 1 is 1.41 bits per heavy atom. The second-order valence-electron chi connectivity index (χ2n) is 4.42. The maximum absolute atomic E-state index is 12.9. The van der Waals surface area contributed by atoms with Gasteiger partial charge in [0.2, 0.25) is 11.8 Å². The molecule has 0 spiro atoms. The Labute approximate surface area is 99.0 Å². The quantitative estimate of drug-likeness (QED) is 0.793. The number of halogens is 1. The lowest BCUT2D eigenvalue weighted by molar-refractivity contribution is -0.136. The lowest BCUT2D eigenvalue weighted by Crippen LogP contribution is -2.41. The number of aryl methyl sites for hydroxylation is 1. The Bertz CT molecular complexity index is 470. The van der Waals surface area contributed by atoms with Crippen LogP contribution in [0.3, 0.4) is 0 Å². The third kappa shape index (κ3) is 2.70. The number of hydrogen-bond donors (Lipinski definition) is 1. The van der Waals surface area contributed by atoms with Gasteiger partial charge in [-0.3, -0.25) is 14.9 Å². The average Bonchev–Trinajstić information content (AvgIpc) is 2.25. The van der Waals surface area contributed by atoms with Gasteiger partial charge in [-0.25, -0.2) is 4.39 Å². The number of nitrogens with one attached hydrogen (secondary N) is 1. The molecule has 0 bridgehead atoms. The number of carbonyl (C=O) groups is 2. The van der Waals surface area contributed by atoms with Crippen LogP contribution in [-0.4, -0.2) is 11.8 Å². The number of imide groups is 1. The number of rotatable bonds is 2. The van der Waals surface area contributed by atoms with E-state index in [1.54, 1.807) is 6.07 Å². The molecule has 3 nitrogen and oxygen atoms in total. The molecule has 4 heteroatoms. The highest BCUT2D eigenvalue weighted by molar-refractivity contribution is 5.98. The Balaban J connectivity index is 2.10. The summed E-state index contributed by atoms with van der Waals surface area (Å²) in [5.74, 6) is -0.876. The van der Waals surface area contributed by atoms with Crippen LogP contribution in [0.1, 0.15) is 24.0 Å². The SMILES string of the molecule is Cc1cc(F)ccc1CC1CCC(=O)NC1=O. The topological polar surface area (TPSA) is 46.2 Å². The lowest BCUT2D eigenvalue weighted by atomic mass is 9.89. The van der Waals surface area contributed by atoms with Crippen LogP contribution in [0.4, 0.5) is 4.39 Å². The van der Waals surface area contributed by atoms with Crippen molar-refractivity contribution in [3.63, 3.8) is 0 Å². The molecule has 1 aliphatic heterocycles. The number of hydrogen-bond acceptors (Lipinski definition) is 2. The van der Waals surface area contributed by atoms with Gasteiger partial charge in [-0.15, -0.1) is 0 Å². The summed E-state index contributed by atoms with van der Waals surface area (Å²) in [5, 5.41) is 2.33. The molecule has 2 rings (SSSR count). The smallest absolute Gasteiger partial charge is 0.230 e. The van der Waals surface area contributed by atoms with Gasteiger partial charge < -0.3 is 0 Å². The van der Waals surface area contributed by atoms with Crippen LogP contribution in [0.5, 0.6) is 0 Å². The van der Waals surface area contributed by atoms with Gasteiger partial charge in [0, 0.05) is 12.3 Å². The molecule has 1 heterocycles. The first-order chi connectivity index (χ1) is 8.06. The Morgan fingerprint density at radius 2 is 2.18 bits per heavy atom. The van der Waals surface area contributed by atoms with Crippen molar-refractivity contribution in [1.29, 1.82) is 0 Å². The highest BCUT2D eigenvalue weighted by Gasteiger charge is 2.26. The summed E-state index contributed by atoms with van der Waals surface area (Å²) >= 11 is 0. The molecule has 2 amide bonds. The fraction of sp³-hybridized carbons (Fsp3) is 0.385. The highest BCUT2D eigenvalue weighted by Crippen LogP contribution is 2.20. The van der Waals surface area contributed by atoms with Gasteiger partial charge in [0.25, 0.3) is 0 Å². The number of benzene rings is 1. The van der Waals surface area contributed by atoms with Gasteiger partial charge in [0.05, 0.1) is 0 Å². The van der Waals surface area contributed by atoms with E-state index in [2.05, 4.69) is 5.32 Å². The van der Waals surface area contributed by atoms with Crippen molar-refractivity contribution in [2.45, 2.75) is 26.2 Å². The van der Waals surface area contributed by atoms with Crippen LogP contribution >= 0.6 is 0 Å². The van der Waals surface area contributed by atoms with E-state index >= 15 is 0 Å². The summed E-state index contributed by atoms with van der Waals surface area (Å²) in [7, 11) is 0. The number of carbonyl (C=O) groups excluding carboxylic acids is 2. The van der Waals surface area contributed by atoms with Crippen molar-refractivity contribution >= 4 is 11.8 Å². The van der Waals surface area contributed by atoms with Crippen LogP contribution in [0, 0.1) is 18.7 Å². The minimum atomic E-state index is -0.269. The number of piperidine rings is 1. The molecule has 0 aromatic heterocycles. The van der Waals surface area contributed by atoms with Crippen LogP contribution < -0.4 is 5.32 Å². The summed E-state index contributed by atoms with van der Waals surface area (Å²) in [6, 6.07) is 4.56. The molecule has 1 saturated heterocycles. The molecular formula is C13H14FNO2. The van der Waals surface area contributed by atoms with Gasteiger partial charge in [-0.05, 0) is 43.0 Å². The third-order valence-corrected chi connectivity index (χ3v) is 3.12. The van der Waals surface area contributed by atoms with E-state index in [1.165, 1.54) is 12.1 Å². The fourth-order valence-electron chi connectivity index (χ4n) is 2.09. The van der Waals surface area contributed by atoms with E-state index in [1.807, 2.05) is 6.92 Å². The summed E-state index contributed by atoms with van der Waals surface area (Å²) in [6.07, 6.45) is 1.52. The normalized spacial score (nSPS) is 20.2. The summed E-state index contributed by atoms with van der Waals surface area (Å²) < 4.78 is 12.9. The van der Waals surface area contributed by atoms with Gasteiger partial charge in [-0.2, -0.15) is 0 Å². The molecule has 1 atom stereocenters. The third-order valence-electron chi connectivity index (χ3n) is 3.12. The minimum Gasteiger partial charge on any atom is -0.296 e. The molecule has 0 radical (unpaired) electrons. The maximum atomic E-state index is 12.9. The van der Waals surface area contributed by atoms with E-state index in [4.69, 9.17) is 0 Å². The van der Waals surface area contributed by atoms with Gasteiger partial charge in [-0.1, -0.05) is 6.07 Å². The fourth-order valence-corrected chi connectivity index (χ4v) is 2.09. The molecule has 1 N–H and O–H groups in total. The molecule has 1 aromatic rings. The van der Waals surface area contributed by atoms with E-state index in [0.717, 1.165) is 11.1 Å². The molecule has 0 saturated carbocycles. The Kier molecular flexibility index (Phi) is 3.22. The first kappa shape index (κ1) is 11.8. The van der Waals surface area contributed by atoms with Crippen LogP contribution in [0.2, 0.25) is 0 Å². The van der Waals surface area contributed by atoms with Crippen molar-refractivity contribution in [2.24, 2.45) is 5.92 Å². The molecule has 0 aliphatic carbocycles. The molecule has 90 valence electrons. The largest absolute Gasteiger partial charge is 0.296 e. The highest BCUT2D eigenvalue weighted by atomic mass is 19.1. The second kappa shape index (κ2) is 4.65. The second-order valence-corrected chi connectivity index (χ2v) is 4.42. The van der Waals surface area contributed by atoms with E-state index in [-0.39, 0.29) is 23.5 Å². The van der Waals surface area contributed by atoms with Gasteiger partial charge >= 0.3 is 0 Å². The van der Waals surface area contributed by atoms with Gasteiger partial charge in [0.15, 0.2) is 0 Å². The van der Waals surface area contributed by atoms with Crippen LogP contribution in [0.15, 0.2) is 18.2 Å². The summed E-state index contributed by atoms with van der Waals surface area (Å²) in [5.41, 5.74) is 1.80. The van der Waals surface area contributed by atoms with Crippen molar-refractivity contribution in [1.82, 2.24) is 5.32 Å². The molecule has 1 aliphatic rings. The predicted octanol–water partition coefficient (Wildman–Crippen LogP) is 1.73. The maximum Gasteiger partial charge on any atom is 0.230 e. The average molecular weight is 235 g/mol. The van der Waals surface area contributed by atoms with Crippen molar-refractivity contribution in [2.75, 3.05) is 0 Å².